The molecule has 0 N–H and O–H groups in total. The van der Waals surface area contributed by atoms with E-state index in [1.54, 1.807) is 6.20 Å². The summed E-state index contributed by atoms with van der Waals surface area (Å²) in [5, 5.41) is 4.96. The van der Waals surface area contributed by atoms with Crippen molar-refractivity contribution in [1.82, 2.24) is 9.78 Å². The van der Waals surface area contributed by atoms with E-state index in [1.165, 1.54) is 0 Å². The van der Waals surface area contributed by atoms with Gasteiger partial charge in [-0.1, -0.05) is 30.7 Å². The first kappa shape index (κ1) is 13.0. The lowest BCUT2D eigenvalue weighted by Gasteiger charge is -2.06. The summed E-state index contributed by atoms with van der Waals surface area (Å²) in [5.41, 5.74) is 2.14. The molecule has 0 fully saturated rings. The van der Waals surface area contributed by atoms with Crippen molar-refractivity contribution in [3.05, 3.63) is 46.7 Å². The molecule has 0 bridgehead atoms. The van der Waals surface area contributed by atoms with Crippen LogP contribution in [0.4, 0.5) is 0 Å². The first-order chi connectivity index (χ1) is 8.69. The first-order valence-corrected chi connectivity index (χ1v) is 6.47. The van der Waals surface area contributed by atoms with E-state index in [-0.39, 0.29) is 0 Å². The number of rotatable bonds is 5. The average Bonchev–Trinajstić information content (AvgIpc) is 2.76. The van der Waals surface area contributed by atoms with Gasteiger partial charge in [0.05, 0.1) is 12.4 Å². The van der Waals surface area contributed by atoms with Gasteiger partial charge < -0.3 is 4.74 Å². The Balaban J connectivity index is 1.97. The van der Waals surface area contributed by atoms with E-state index < -0.39 is 0 Å². The lowest BCUT2D eigenvalue weighted by molar-refractivity contribution is 0.306. The molecule has 2 aromatic rings. The summed E-state index contributed by atoms with van der Waals surface area (Å²) in [7, 11) is 0. The molecule has 0 saturated heterocycles. The molecular formula is C14H17ClN2O. The van der Waals surface area contributed by atoms with E-state index in [9.17, 15) is 0 Å². The van der Waals surface area contributed by atoms with Crippen molar-refractivity contribution in [2.75, 3.05) is 0 Å². The van der Waals surface area contributed by atoms with Gasteiger partial charge in [0, 0.05) is 17.1 Å². The SMILES string of the molecule is CCCn1cc(OCc2ccc(C)cc2Cl)cn1. The smallest absolute Gasteiger partial charge is 0.157 e. The molecule has 4 heteroatoms. The van der Waals surface area contributed by atoms with Gasteiger partial charge in [-0.25, -0.2) is 0 Å². The lowest BCUT2D eigenvalue weighted by Crippen LogP contribution is -1.97. The molecule has 0 unspecified atom stereocenters. The maximum Gasteiger partial charge on any atom is 0.157 e. The Kier molecular flexibility index (Phi) is 4.26. The van der Waals surface area contributed by atoms with Gasteiger partial charge in [0.1, 0.15) is 6.61 Å². The zero-order chi connectivity index (χ0) is 13.0. The molecule has 0 amide bonds. The highest BCUT2D eigenvalue weighted by atomic mass is 35.5. The Labute approximate surface area is 112 Å². The van der Waals surface area contributed by atoms with Gasteiger partial charge in [-0.3, -0.25) is 4.68 Å². The van der Waals surface area contributed by atoms with Crippen LogP contribution in [-0.2, 0) is 13.2 Å². The maximum absolute atomic E-state index is 6.15. The number of ether oxygens (including phenoxy) is 1. The number of benzene rings is 1. The molecule has 0 saturated carbocycles. The molecule has 0 aliphatic rings. The van der Waals surface area contributed by atoms with Crippen LogP contribution < -0.4 is 4.74 Å². The summed E-state index contributed by atoms with van der Waals surface area (Å²) >= 11 is 6.15. The minimum absolute atomic E-state index is 0.469. The van der Waals surface area contributed by atoms with Crippen molar-refractivity contribution in [3.8, 4) is 5.75 Å². The van der Waals surface area contributed by atoms with Gasteiger partial charge >= 0.3 is 0 Å². The van der Waals surface area contributed by atoms with Crippen LogP contribution in [-0.4, -0.2) is 9.78 Å². The monoisotopic (exact) mass is 264 g/mol. The third-order valence-electron chi connectivity index (χ3n) is 2.67. The highest BCUT2D eigenvalue weighted by Crippen LogP contribution is 2.19. The second-order valence-corrected chi connectivity index (χ2v) is 4.73. The number of hydrogen-bond acceptors (Lipinski definition) is 2. The third kappa shape index (κ3) is 3.26. The Hall–Kier alpha value is -1.48. The molecule has 18 heavy (non-hydrogen) atoms. The summed E-state index contributed by atoms with van der Waals surface area (Å²) in [5.74, 6) is 0.778. The predicted octanol–water partition coefficient (Wildman–Crippen LogP) is 3.83. The summed E-state index contributed by atoms with van der Waals surface area (Å²) in [4.78, 5) is 0. The van der Waals surface area contributed by atoms with Crippen LogP contribution in [0.3, 0.4) is 0 Å². The standard InChI is InChI=1S/C14H17ClN2O/c1-3-6-17-9-13(8-16-17)18-10-12-5-4-11(2)7-14(12)15/h4-5,7-9H,3,6,10H2,1-2H3. The minimum Gasteiger partial charge on any atom is -0.486 e. The molecule has 0 aliphatic carbocycles. The van der Waals surface area contributed by atoms with Gasteiger partial charge in [0.15, 0.2) is 5.75 Å². The van der Waals surface area contributed by atoms with Crippen LogP contribution in [0, 0.1) is 6.92 Å². The predicted molar refractivity (Wildman–Crippen MR) is 73.0 cm³/mol. The Morgan fingerprint density at radius 1 is 1.39 bits per heavy atom. The van der Waals surface area contributed by atoms with Crippen LogP contribution >= 0.6 is 11.6 Å². The minimum atomic E-state index is 0.469. The van der Waals surface area contributed by atoms with Crippen molar-refractivity contribution in [2.45, 2.75) is 33.4 Å². The third-order valence-corrected chi connectivity index (χ3v) is 3.02. The van der Waals surface area contributed by atoms with E-state index in [1.807, 2.05) is 36.0 Å². The fourth-order valence-electron chi connectivity index (χ4n) is 1.70. The van der Waals surface area contributed by atoms with Gasteiger partial charge in [-0.05, 0) is 25.0 Å². The van der Waals surface area contributed by atoms with E-state index in [0.29, 0.717) is 6.61 Å². The normalized spacial score (nSPS) is 10.6. The van der Waals surface area contributed by atoms with Crippen molar-refractivity contribution in [1.29, 1.82) is 0 Å². The second-order valence-electron chi connectivity index (χ2n) is 4.32. The summed E-state index contributed by atoms with van der Waals surface area (Å²) in [6, 6.07) is 5.97. The Morgan fingerprint density at radius 3 is 2.94 bits per heavy atom. The van der Waals surface area contributed by atoms with Crippen LogP contribution in [0.15, 0.2) is 30.6 Å². The number of nitrogens with zero attached hydrogens (tertiary/aromatic N) is 2. The number of halogens is 1. The van der Waals surface area contributed by atoms with Gasteiger partial charge in [-0.2, -0.15) is 5.10 Å². The Bertz CT molecular complexity index is 522. The molecule has 1 aromatic heterocycles. The first-order valence-electron chi connectivity index (χ1n) is 6.09. The van der Waals surface area contributed by atoms with Gasteiger partial charge in [0.2, 0.25) is 0 Å². The molecule has 0 aliphatic heterocycles. The molecule has 0 radical (unpaired) electrons. The molecule has 2 rings (SSSR count). The van der Waals surface area contributed by atoms with Crippen LogP contribution in [0.25, 0.3) is 0 Å². The highest BCUT2D eigenvalue weighted by molar-refractivity contribution is 6.31. The number of hydrogen-bond donors (Lipinski definition) is 0. The van der Waals surface area contributed by atoms with E-state index in [2.05, 4.69) is 12.0 Å². The largest absolute Gasteiger partial charge is 0.486 e. The average molecular weight is 265 g/mol. The molecule has 96 valence electrons. The Morgan fingerprint density at radius 2 is 2.22 bits per heavy atom. The lowest BCUT2D eigenvalue weighted by atomic mass is 10.2. The van der Waals surface area contributed by atoms with Crippen LogP contribution in [0.1, 0.15) is 24.5 Å². The maximum atomic E-state index is 6.15. The van der Waals surface area contributed by atoms with Crippen molar-refractivity contribution >= 4 is 11.6 Å². The van der Waals surface area contributed by atoms with Gasteiger partial charge in [0.25, 0.3) is 0 Å². The van der Waals surface area contributed by atoms with E-state index >= 15 is 0 Å². The van der Waals surface area contributed by atoms with Crippen LogP contribution in [0.2, 0.25) is 5.02 Å². The number of aromatic nitrogens is 2. The zero-order valence-electron chi connectivity index (χ0n) is 10.7. The molecular weight excluding hydrogens is 248 g/mol. The topological polar surface area (TPSA) is 27.1 Å². The quantitative estimate of drug-likeness (QED) is 0.821. The summed E-state index contributed by atoms with van der Waals surface area (Å²) in [6.45, 7) is 5.52. The summed E-state index contributed by atoms with van der Waals surface area (Å²) in [6.07, 6.45) is 4.70. The van der Waals surface area contributed by atoms with Crippen molar-refractivity contribution < 1.29 is 4.74 Å². The molecule has 0 spiro atoms. The van der Waals surface area contributed by atoms with Crippen molar-refractivity contribution in [2.24, 2.45) is 0 Å². The fraction of sp³-hybridized carbons (Fsp3) is 0.357. The fourth-order valence-corrected chi connectivity index (χ4v) is 1.99. The molecule has 3 nitrogen and oxygen atoms in total. The van der Waals surface area contributed by atoms with E-state index in [0.717, 1.165) is 34.9 Å². The van der Waals surface area contributed by atoms with Crippen LogP contribution in [0.5, 0.6) is 5.75 Å². The van der Waals surface area contributed by atoms with Crippen molar-refractivity contribution in [3.63, 3.8) is 0 Å². The zero-order valence-corrected chi connectivity index (χ0v) is 11.4. The van der Waals surface area contributed by atoms with Gasteiger partial charge in [-0.15, -0.1) is 0 Å². The molecule has 0 atom stereocenters. The highest BCUT2D eigenvalue weighted by Gasteiger charge is 2.03. The second kappa shape index (κ2) is 5.91. The number of aryl methyl sites for hydroxylation is 2. The van der Waals surface area contributed by atoms with E-state index in [4.69, 9.17) is 16.3 Å². The molecule has 1 heterocycles. The summed E-state index contributed by atoms with van der Waals surface area (Å²) < 4.78 is 7.55. The molecule has 1 aromatic carbocycles.